The summed E-state index contributed by atoms with van der Waals surface area (Å²) in [4.78, 5) is 0. The van der Waals surface area contributed by atoms with Gasteiger partial charge in [-0.2, -0.15) is 0 Å². The van der Waals surface area contributed by atoms with Crippen molar-refractivity contribution in [1.29, 1.82) is 0 Å². The van der Waals surface area contributed by atoms with Crippen LogP contribution in [0.4, 0.5) is 0 Å². The Morgan fingerprint density at radius 3 is 3.00 bits per heavy atom. The van der Waals surface area contributed by atoms with Gasteiger partial charge in [0.2, 0.25) is 10.0 Å². The smallest absolute Gasteiger partial charge is 0.247 e. The lowest BCUT2D eigenvalue weighted by molar-refractivity contribution is 0.137. The molecule has 0 bridgehead atoms. The molecule has 1 aromatic rings. The van der Waals surface area contributed by atoms with Crippen LogP contribution in [0.2, 0.25) is 0 Å². The molecule has 19 heavy (non-hydrogen) atoms. The normalized spacial score (nSPS) is 20.5. The number of methoxy groups -OCH3 is 1. The highest BCUT2D eigenvalue weighted by molar-refractivity contribution is 7.99. The predicted molar refractivity (Wildman–Crippen MR) is 74.6 cm³/mol. The molecule has 1 aromatic heterocycles. The fraction of sp³-hybridized carbons (Fsp3) is 0.600. The number of sulfonamides is 1. The fourth-order valence-corrected chi connectivity index (χ4v) is 5.33. The van der Waals surface area contributed by atoms with Crippen molar-refractivity contribution in [3.63, 3.8) is 0 Å². The molecule has 108 valence electrons. The molecule has 9 heteroatoms. The molecule has 2 rings (SSSR count). The van der Waals surface area contributed by atoms with Crippen molar-refractivity contribution < 1.29 is 18.3 Å². The Hall–Kier alpha value is -0.160. The first-order chi connectivity index (χ1) is 8.91. The van der Waals surface area contributed by atoms with Gasteiger partial charge in [0, 0.05) is 32.4 Å². The molecule has 0 unspecified atom stereocenters. The first kappa shape index (κ1) is 15.2. The van der Waals surface area contributed by atoms with Crippen LogP contribution in [0.5, 0.6) is 0 Å². The third-order valence-corrected chi connectivity index (χ3v) is 6.52. The highest BCUT2D eigenvalue weighted by Crippen LogP contribution is 2.43. The van der Waals surface area contributed by atoms with Crippen LogP contribution in [0.15, 0.2) is 14.5 Å². The highest BCUT2D eigenvalue weighted by Gasteiger charge is 2.29. The van der Waals surface area contributed by atoms with Crippen molar-refractivity contribution >= 4 is 33.3 Å². The second-order valence-corrected chi connectivity index (χ2v) is 8.40. The number of fused-ring (bicyclic) bond motifs is 1. The number of nitrogens with zero attached hydrogens (tertiary/aromatic N) is 1. The number of β-amino-alcohol motifs (C(OH)–C–C–N with tert-alkyl or cyclic N) is 1. The van der Waals surface area contributed by atoms with Gasteiger partial charge in [-0.15, -0.1) is 11.3 Å². The van der Waals surface area contributed by atoms with Crippen molar-refractivity contribution in [1.82, 2.24) is 4.31 Å². The molecule has 0 radical (unpaired) electrons. The second kappa shape index (κ2) is 6.08. The van der Waals surface area contributed by atoms with Crippen LogP contribution < -0.4 is 5.14 Å². The van der Waals surface area contributed by atoms with Crippen molar-refractivity contribution in [3.05, 3.63) is 11.6 Å². The van der Waals surface area contributed by atoms with Crippen LogP contribution in [0.3, 0.4) is 0 Å². The van der Waals surface area contributed by atoms with Gasteiger partial charge in [-0.1, -0.05) is 0 Å². The zero-order valence-electron chi connectivity index (χ0n) is 10.4. The predicted octanol–water partition coefficient (Wildman–Crippen LogP) is 0.788. The zero-order valence-corrected chi connectivity index (χ0v) is 12.9. The van der Waals surface area contributed by atoms with Crippen LogP contribution in [0, 0.1) is 0 Å². The minimum atomic E-state index is -3.70. The third kappa shape index (κ3) is 3.69. The van der Waals surface area contributed by atoms with E-state index in [0.717, 1.165) is 28.5 Å². The summed E-state index contributed by atoms with van der Waals surface area (Å²) in [6, 6.07) is 1.47. The summed E-state index contributed by atoms with van der Waals surface area (Å²) in [5, 5.41) is 15.2. The molecule has 0 amide bonds. The number of aliphatic hydroxyl groups excluding tert-OH is 1. The number of hydrogen-bond acceptors (Lipinski definition) is 7. The molecule has 3 N–H and O–H groups in total. The third-order valence-electron chi connectivity index (χ3n) is 2.69. The number of hydrogen-bond donors (Lipinski definition) is 2. The number of thiophene rings is 1. The number of rotatable bonds is 5. The quantitative estimate of drug-likeness (QED) is 0.614. The SMILES string of the molecule is COCCCN1C[C@H](O)c2cc(S(N)(=O)=O)sc2S1. The van der Waals surface area contributed by atoms with Gasteiger partial charge in [-0.25, -0.2) is 17.9 Å². The molecule has 0 fully saturated rings. The minimum absolute atomic E-state index is 0.0998. The number of aliphatic hydroxyl groups is 1. The van der Waals surface area contributed by atoms with Gasteiger partial charge in [0.25, 0.3) is 0 Å². The molecular formula is C10H16N2O4S3. The molecule has 6 nitrogen and oxygen atoms in total. The van der Waals surface area contributed by atoms with E-state index in [4.69, 9.17) is 9.88 Å². The average molecular weight is 324 g/mol. The van der Waals surface area contributed by atoms with E-state index in [-0.39, 0.29) is 4.21 Å². The first-order valence-electron chi connectivity index (χ1n) is 5.68. The van der Waals surface area contributed by atoms with Gasteiger partial charge in [0.15, 0.2) is 0 Å². The largest absolute Gasteiger partial charge is 0.387 e. The van der Waals surface area contributed by atoms with E-state index in [0.29, 0.717) is 18.7 Å². The van der Waals surface area contributed by atoms with Crippen molar-refractivity contribution in [2.75, 3.05) is 26.8 Å². The maximum Gasteiger partial charge on any atom is 0.247 e. The molecular weight excluding hydrogens is 308 g/mol. The van der Waals surface area contributed by atoms with Gasteiger partial charge in [-0.05, 0) is 24.4 Å². The Balaban J connectivity index is 2.13. The van der Waals surface area contributed by atoms with E-state index in [2.05, 4.69) is 0 Å². The molecule has 1 aliphatic heterocycles. The molecule has 0 aromatic carbocycles. The van der Waals surface area contributed by atoms with Crippen LogP contribution in [-0.2, 0) is 14.8 Å². The molecule has 0 saturated carbocycles. The lowest BCUT2D eigenvalue weighted by Gasteiger charge is -2.28. The second-order valence-electron chi connectivity index (χ2n) is 4.19. The van der Waals surface area contributed by atoms with Crippen LogP contribution >= 0.6 is 23.3 Å². The maximum atomic E-state index is 11.3. The van der Waals surface area contributed by atoms with Crippen molar-refractivity contribution in [2.45, 2.75) is 20.9 Å². The number of ether oxygens (including phenoxy) is 1. The minimum Gasteiger partial charge on any atom is -0.387 e. The summed E-state index contributed by atoms with van der Waals surface area (Å²) in [5.41, 5.74) is 0.655. The molecule has 1 atom stereocenters. The molecule has 2 heterocycles. The molecule has 0 aliphatic carbocycles. The molecule has 1 aliphatic rings. The summed E-state index contributed by atoms with van der Waals surface area (Å²) in [5.74, 6) is 0. The van der Waals surface area contributed by atoms with Crippen LogP contribution in [-0.4, -0.2) is 44.6 Å². The lowest BCUT2D eigenvalue weighted by Crippen LogP contribution is -2.27. The topological polar surface area (TPSA) is 92.9 Å². The fourth-order valence-electron chi connectivity index (χ4n) is 1.78. The van der Waals surface area contributed by atoms with Crippen LogP contribution in [0.25, 0.3) is 0 Å². The Bertz CT molecular complexity index is 543. The van der Waals surface area contributed by atoms with Gasteiger partial charge in [-0.3, -0.25) is 0 Å². The van der Waals surface area contributed by atoms with E-state index in [9.17, 15) is 13.5 Å². The number of primary sulfonamides is 1. The summed E-state index contributed by atoms with van der Waals surface area (Å²) in [7, 11) is -2.06. The maximum absolute atomic E-state index is 11.3. The van der Waals surface area contributed by atoms with Crippen LogP contribution in [0.1, 0.15) is 18.1 Å². The summed E-state index contributed by atoms with van der Waals surface area (Å²) >= 11 is 2.57. The van der Waals surface area contributed by atoms with E-state index >= 15 is 0 Å². The standard InChI is InChI=1S/C10H16N2O4S3/c1-16-4-2-3-12-6-8(13)7-5-9(19(11,14)15)17-10(7)18-12/h5,8,13H,2-4,6H2,1H3,(H2,11,14,15)/t8-/m0/s1. The molecule has 0 spiro atoms. The van der Waals surface area contributed by atoms with Gasteiger partial charge < -0.3 is 9.84 Å². The monoisotopic (exact) mass is 324 g/mol. The first-order valence-corrected chi connectivity index (χ1v) is 8.82. The van der Waals surface area contributed by atoms with E-state index in [1.165, 1.54) is 18.0 Å². The zero-order chi connectivity index (χ0) is 14.0. The van der Waals surface area contributed by atoms with Gasteiger partial charge in [0.05, 0.1) is 10.3 Å². The average Bonchev–Trinajstić information content (AvgIpc) is 2.73. The Morgan fingerprint density at radius 2 is 2.37 bits per heavy atom. The van der Waals surface area contributed by atoms with Gasteiger partial charge in [0.1, 0.15) is 4.21 Å². The Kier molecular flexibility index (Phi) is 4.88. The summed E-state index contributed by atoms with van der Waals surface area (Å²) < 4.78 is 30.5. The summed E-state index contributed by atoms with van der Waals surface area (Å²) in [6.45, 7) is 1.91. The van der Waals surface area contributed by atoms with Crippen molar-refractivity contribution in [2.24, 2.45) is 5.14 Å². The number of nitrogens with two attached hydrogens (primary N) is 1. The highest BCUT2D eigenvalue weighted by atomic mass is 32.3. The van der Waals surface area contributed by atoms with E-state index < -0.39 is 16.1 Å². The Labute approximate surface area is 120 Å². The lowest BCUT2D eigenvalue weighted by atomic mass is 10.2. The van der Waals surface area contributed by atoms with E-state index in [1.807, 2.05) is 4.31 Å². The summed E-state index contributed by atoms with van der Waals surface area (Å²) in [6.07, 6.45) is 0.185. The van der Waals surface area contributed by atoms with Crippen molar-refractivity contribution in [3.8, 4) is 0 Å². The van der Waals surface area contributed by atoms with Gasteiger partial charge >= 0.3 is 0 Å². The Morgan fingerprint density at radius 1 is 1.63 bits per heavy atom. The molecule has 0 saturated heterocycles. The van der Waals surface area contributed by atoms with E-state index in [1.54, 1.807) is 7.11 Å².